The highest BCUT2D eigenvalue weighted by Gasteiger charge is 2.14. The summed E-state index contributed by atoms with van der Waals surface area (Å²) in [6.45, 7) is 5.23. The lowest BCUT2D eigenvalue weighted by atomic mass is 10.2. The normalized spacial score (nSPS) is 11.1. The van der Waals surface area contributed by atoms with Crippen LogP contribution in [0.2, 0.25) is 0 Å². The molecule has 0 spiro atoms. The van der Waals surface area contributed by atoms with Gasteiger partial charge in [0.05, 0.1) is 11.4 Å². The quantitative estimate of drug-likeness (QED) is 0.493. The summed E-state index contributed by atoms with van der Waals surface area (Å²) in [5.41, 5.74) is 3.05. The molecule has 0 unspecified atom stereocenters. The monoisotopic (exact) mass is 426 g/mol. The third-order valence-electron chi connectivity index (χ3n) is 4.20. The number of thioether (sulfide) groups is 1. The molecule has 1 amide bonds. The van der Waals surface area contributed by atoms with Gasteiger partial charge in [-0.3, -0.25) is 18.6 Å². The van der Waals surface area contributed by atoms with E-state index < -0.39 is 0 Å². The minimum Gasteiger partial charge on any atom is -0.326 e. The number of thiazole rings is 1. The average molecular weight is 427 g/mol. The molecule has 0 saturated heterocycles. The number of nitrogens with zero attached hydrogens (tertiary/aromatic N) is 5. The number of amides is 1. The molecule has 0 aliphatic carbocycles. The van der Waals surface area contributed by atoms with E-state index in [1.807, 2.05) is 48.1 Å². The number of benzene rings is 1. The maximum Gasteiger partial charge on any atom is 0.258 e. The fraction of sp³-hybridized carbons (Fsp3) is 0.211. The van der Waals surface area contributed by atoms with Crippen LogP contribution in [0.25, 0.3) is 10.6 Å². The van der Waals surface area contributed by atoms with Gasteiger partial charge in [0, 0.05) is 35.5 Å². The maximum absolute atomic E-state index is 12.4. The largest absolute Gasteiger partial charge is 0.326 e. The summed E-state index contributed by atoms with van der Waals surface area (Å²) in [5, 5.41) is 13.8. The number of hydrogen-bond donors (Lipinski definition) is 1. The third kappa shape index (κ3) is 3.94. The first-order valence-corrected chi connectivity index (χ1v) is 10.7. The van der Waals surface area contributed by atoms with Crippen LogP contribution in [0.3, 0.4) is 0 Å². The van der Waals surface area contributed by atoms with Crippen molar-refractivity contribution in [1.82, 2.24) is 24.1 Å². The molecule has 10 heteroatoms. The molecule has 0 aliphatic heterocycles. The van der Waals surface area contributed by atoms with Crippen LogP contribution < -0.4 is 10.9 Å². The van der Waals surface area contributed by atoms with Crippen molar-refractivity contribution in [2.75, 3.05) is 5.32 Å². The van der Waals surface area contributed by atoms with Crippen LogP contribution in [0, 0.1) is 13.8 Å². The van der Waals surface area contributed by atoms with Crippen LogP contribution in [0.5, 0.6) is 0 Å². The zero-order valence-corrected chi connectivity index (χ0v) is 17.7. The van der Waals surface area contributed by atoms with Gasteiger partial charge in [0.25, 0.3) is 5.56 Å². The fourth-order valence-electron chi connectivity index (χ4n) is 2.97. The van der Waals surface area contributed by atoms with Crippen molar-refractivity contribution in [1.29, 1.82) is 0 Å². The Morgan fingerprint density at radius 3 is 2.86 bits per heavy atom. The first kappa shape index (κ1) is 19.3. The SMILES string of the molecule is CC(=O)Nc1cccc(-n2c(C)nnc2SCc2cc(=O)n3c(C)csc3n2)c1. The number of anilines is 1. The first-order chi connectivity index (χ1) is 13.9. The number of carbonyl (C=O) groups is 1. The molecule has 0 radical (unpaired) electrons. The molecule has 4 aromatic rings. The number of carbonyl (C=O) groups excluding carboxylic acids is 1. The number of aryl methyl sites for hydroxylation is 2. The predicted octanol–water partition coefficient (Wildman–Crippen LogP) is 3.20. The van der Waals surface area contributed by atoms with E-state index in [0.717, 1.165) is 17.2 Å². The Morgan fingerprint density at radius 2 is 2.07 bits per heavy atom. The Hall–Kier alpha value is -2.98. The average Bonchev–Trinajstić information content (AvgIpc) is 3.22. The highest BCUT2D eigenvalue weighted by atomic mass is 32.2. The molecule has 0 aliphatic rings. The van der Waals surface area contributed by atoms with Gasteiger partial charge in [-0.2, -0.15) is 0 Å². The highest BCUT2D eigenvalue weighted by Crippen LogP contribution is 2.26. The van der Waals surface area contributed by atoms with Gasteiger partial charge in [0.1, 0.15) is 5.82 Å². The standard InChI is InChI=1S/C19H18N6O2S2/c1-11-9-28-18-21-15(8-17(27)24(11)18)10-29-19-23-22-12(2)25(19)16-6-4-5-14(7-16)20-13(3)26/h4-9H,10H2,1-3H3,(H,20,26). The van der Waals surface area contributed by atoms with E-state index in [9.17, 15) is 9.59 Å². The van der Waals surface area contributed by atoms with Crippen LogP contribution >= 0.6 is 23.1 Å². The van der Waals surface area contributed by atoms with Gasteiger partial charge in [-0.05, 0) is 32.0 Å². The molecule has 8 nitrogen and oxygen atoms in total. The lowest BCUT2D eigenvalue weighted by Crippen LogP contribution is -2.14. The number of nitrogens with one attached hydrogen (secondary N) is 1. The Bertz CT molecular complexity index is 1270. The molecule has 3 heterocycles. The third-order valence-corrected chi connectivity index (χ3v) is 6.10. The summed E-state index contributed by atoms with van der Waals surface area (Å²) in [4.78, 5) is 29.0. The van der Waals surface area contributed by atoms with E-state index in [2.05, 4.69) is 20.5 Å². The molecular weight excluding hydrogens is 408 g/mol. The van der Waals surface area contributed by atoms with E-state index in [4.69, 9.17) is 0 Å². The van der Waals surface area contributed by atoms with Crippen LogP contribution in [0.4, 0.5) is 5.69 Å². The van der Waals surface area contributed by atoms with Crippen molar-refractivity contribution >= 4 is 39.7 Å². The van der Waals surface area contributed by atoms with E-state index in [1.54, 1.807) is 10.5 Å². The molecular formula is C19H18N6O2S2. The predicted molar refractivity (Wildman–Crippen MR) is 114 cm³/mol. The Balaban J connectivity index is 1.62. The molecule has 4 rings (SSSR count). The van der Waals surface area contributed by atoms with Gasteiger partial charge in [-0.1, -0.05) is 17.8 Å². The lowest BCUT2D eigenvalue weighted by Gasteiger charge is -2.10. The second-order valence-electron chi connectivity index (χ2n) is 6.47. The molecule has 29 heavy (non-hydrogen) atoms. The van der Waals surface area contributed by atoms with E-state index >= 15 is 0 Å². The Kier molecular flexibility index (Phi) is 5.20. The molecule has 0 saturated carbocycles. The molecule has 0 bridgehead atoms. The summed E-state index contributed by atoms with van der Waals surface area (Å²) in [6, 6.07) is 9.05. The van der Waals surface area contributed by atoms with Crippen molar-refractivity contribution in [2.45, 2.75) is 31.7 Å². The molecule has 1 N–H and O–H groups in total. The minimum absolute atomic E-state index is 0.0787. The van der Waals surface area contributed by atoms with Crippen molar-refractivity contribution in [2.24, 2.45) is 0 Å². The number of aromatic nitrogens is 5. The van der Waals surface area contributed by atoms with Crippen molar-refractivity contribution < 1.29 is 4.79 Å². The second kappa shape index (κ2) is 7.80. The summed E-state index contributed by atoms with van der Waals surface area (Å²) >= 11 is 2.91. The Morgan fingerprint density at radius 1 is 1.24 bits per heavy atom. The van der Waals surface area contributed by atoms with Crippen LogP contribution in [-0.2, 0) is 10.5 Å². The number of rotatable bonds is 5. The van der Waals surface area contributed by atoms with Crippen LogP contribution in [-0.4, -0.2) is 30.1 Å². The summed E-state index contributed by atoms with van der Waals surface area (Å²) in [7, 11) is 0. The first-order valence-electron chi connectivity index (χ1n) is 8.82. The highest BCUT2D eigenvalue weighted by molar-refractivity contribution is 7.98. The van der Waals surface area contributed by atoms with Gasteiger partial charge >= 0.3 is 0 Å². The zero-order valence-electron chi connectivity index (χ0n) is 16.0. The van der Waals surface area contributed by atoms with Gasteiger partial charge < -0.3 is 5.32 Å². The topological polar surface area (TPSA) is 94.2 Å². The Labute approximate surface area is 174 Å². The molecule has 0 atom stereocenters. The second-order valence-corrected chi connectivity index (χ2v) is 8.25. The van der Waals surface area contributed by atoms with Gasteiger partial charge in [0.2, 0.25) is 5.91 Å². The van der Waals surface area contributed by atoms with Gasteiger partial charge in [-0.15, -0.1) is 21.5 Å². The van der Waals surface area contributed by atoms with Crippen LogP contribution in [0.1, 0.15) is 24.1 Å². The molecule has 3 aromatic heterocycles. The summed E-state index contributed by atoms with van der Waals surface area (Å²) in [6.07, 6.45) is 0. The van der Waals surface area contributed by atoms with E-state index in [0.29, 0.717) is 27.3 Å². The molecule has 0 fully saturated rings. The smallest absolute Gasteiger partial charge is 0.258 e. The lowest BCUT2D eigenvalue weighted by molar-refractivity contribution is -0.114. The zero-order chi connectivity index (χ0) is 20.5. The van der Waals surface area contributed by atoms with Crippen molar-refractivity contribution in [3.63, 3.8) is 0 Å². The fourth-order valence-corrected chi connectivity index (χ4v) is 4.75. The maximum atomic E-state index is 12.4. The number of fused-ring (bicyclic) bond motifs is 1. The van der Waals surface area contributed by atoms with E-state index in [-0.39, 0.29) is 11.5 Å². The van der Waals surface area contributed by atoms with Crippen LogP contribution in [0.15, 0.2) is 45.7 Å². The molecule has 148 valence electrons. The minimum atomic E-state index is -0.131. The summed E-state index contributed by atoms with van der Waals surface area (Å²) < 4.78 is 3.52. The molecule has 1 aromatic carbocycles. The summed E-state index contributed by atoms with van der Waals surface area (Å²) in [5.74, 6) is 1.09. The number of hydrogen-bond acceptors (Lipinski definition) is 7. The van der Waals surface area contributed by atoms with Crippen molar-refractivity contribution in [3.8, 4) is 5.69 Å². The van der Waals surface area contributed by atoms with Crippen molar-refractivity contribution in [3.05, 3.63) is 63.3 Å². The van der Waals surface area contributed by atoms with Gasteiger partial charge in [0.15, 0.2) is 10.1 Å². The van der Waals surface area contributed by atoms with Gasteiger partial charge in [-0.25, -0.2) is 4.98 Å². The van der Waals surface area contributed by atoms with E-state index in [1.165, 1.54) is 30.0 Å².